The zero-order chi connectivity index (χ0) is 19.0. The van der Waals surface area contributed by atoms with Crippen LogP contribution in [-0.4, -0.2) is 54.0 Å². The van der Waals surface area contributed by atoms with Crippen molar-refractivity contribution < 1.29 is 15.0 Å². The van der Waals surface area contributed by atoms with Gasteiger partial charge in [-0.1, -0.05) is 17.7 Å². The van der Waals surface area contributed by atoms with Crippen LogP contribution >= 0.6 is 11.6 Å². The number of aromatic nitrogens is 4. The summed E-state index contributed by atoms with van der Waals surface area (Å²) in [6, 6.07) is 7.09. The molecule has 1 unspecified atom stereocenters. The van der Waals surface area contributed by atoms with E-state index in [0.29, 0.717) is 42.5 Å². The second-order valence-electron chi connectivity index (χ2n) is 6.66. The van der Waals surface area contributed by atoms with Crippen molar-refractivity contribution in [2.24, 2.45) is 0 Å². The zero-order valence-electron chi connectivity index (χ0n) is 14.4. The highest BCUT2D eigenvalue weighted by molar-refractivity contribution is 6.30. The van der Waals surface area contributed by atoms with Crippen LogP contribution in [0.5, 0.6) is 0 Å². The van der Waals surface area contributed by atoms with Gasteiger partial charge in [0.15, 0.2) is 5.82 Å². The minimum absolute atomic E-state index is 0.268. The SMILES string of the molecule is O=C(O)N1CCCC(O)(c2cccc(-n3ncc4cnc(Cl)cc43)n2)CC1. The van der Waals surface area contributed by atoms with Gasteiger partial charge in [0.2, 0.25) is 0 Å². The molecule has 1 atom stereocenters. The van der Waals surface area contributed by atoms with Crippen molar-refractivity contribution in [2.75, 3.05) is 13.1 Å². The normalized spacial score (nSPS) is 20.6. The smallest absolute Gasteiger partial charge is 0.407 e. The molecule has 1 saturated heterocycles. The summed E-state index contributed by atoms with van der Waals surface area (Å²) in [5, 5.41) is 25.9. The average molecular weight is 388 g/mol. The van der Waals surface area contributed by atoms with Gasteiger partial charge in [0.1, 0.15) is 10.8 Å². The maximum absolute atomic E-state index is 11.2. The van der Waals surface area contributed by atoms with Gasteiger partial charge in [-0.15, -0.1) is 0 Å². The third kappa shape index (κ3) is 3.33. The van der Waals surface area contributed by atoms with Crippen LogP contribution < -0.4 is 0 Å². The van der Waals surface area contributed by atoms with Crippen molar-refractivity contribution in [1.29, 1.82) is 0 Å². The van der Waals surface area contributed by atoms with Crippen molar-refractivity contribution in [3.63, 3.8) is 0 Å². The average Bonchev–Trinajstić information content (AvgIpc) is 2.95. The molecule has 0 spiro atoms. The fraction of sp³-hybridized carbons (Fsp3) is 0.333. The Hall–Kier alpha value is -2.71. The van der Waals surface area contributed by atoms with E-state index >= 15 is 0 Å². The minimum atomic E-state index is -1.18. The molecule has 27 heavy (non-hydrogen) atoms. The highest BCUT2D eigenvalue weighted by Gasteiger charge is 2.34. The predicted molar refractivity (Wildman–Crippen MR) is 99.0 cm³/mol. The summed E-state index contributed by atoms with van der Waals surface area (Å²) < 4.78 is 1.65. The van der Waals surface area contributed by atoms with Gasteiger partial charge in [-0.05, 0) is 31.4 Å². The minimum Gasteiger partial charge on any atom is -0.465 e. The molecule has 1 amide bonds. The molecule has 8 nitrogen and oxygen atoms in total. The molecule has 3 aromatic rings. The lowest BCUT2D eigenvalue weighted by Crippen LogP contribution is -2.33. The number of carboxylic acid groups (broad SMARTS) is 1. The molecule has 2 N–H and O–H groups in total. The number of carbonyl (C=O) groups is 1. The van der Waals surface area contributed by atoms with E-state index in [1.54, 1.807) is 35.3 Å². The Kier molecular flexibility index (Phi) is 4.45. The highest BCUT2D eigenvalue weighted by Crippen LogP contribution is 2.32. The first-order chi connectivity index (χ1) is 13.0. The third-order valence-corrected chi connectivity index (χ3v) is 5.14. The molecule has 4 heterocycles. The monoisotopic (exact) mass is 387 g/mol. The molecule has 0 aromatic carbocycles. The maximum atomic E-state index is 11.2. The van der Waals surface area contributed by atoms with Crippen LogP contribution in [0.15, 0.2) is 36.7 Å². The lowest BCUT2D eigenvalue weighted by atomic mass is 9.90. The first-order valence-corrected chi connectivity index (χ1v) is 9.01. The van der Waals surface area contributed by atoms with E-state index in [4.69, 9.17) is 11.6 Å². The second-order valence-corrected chi connectivity index (χ2v) is 7.05. The number of likely N-dealkylation sites (tertiary alicyclic amines) is 1. The largest absolute Gasteiger partial charge is 0.465 e. The van der Waals surface area contributed by atoms with Gasteiger partial charge in [0, 0.05) is 30.7 Å². The van der Waals surface area contributed by atoms with Gasteiger partial charge >= 0.3 is 6.09 Å². The number of hydrogen-bond donors (Lipinski definition) is 2. The molecule has 4 rings (SSSR count). The predicted octanol–water partition coefficient (Wildman–Crippen LogP) is 2.82. The third-order valence-electron chi connectivity index (χ3n) is 4.93. The van der Waals surface area contributed by atoms with Crippen LogP contribution in [-0.2, 0) is 5.60 Å². The second kappa shape index (κ2) is 6.79. The number of pyridine rings is 2. The van der Waals surface area contributed by atoms with Crippen LogP contribution in [0.1, 0.15) is 25.0 Å². The Balaban J connectivity index is 1.70. The number of aliphatic hydroxyl groups is 1. The molecule has 0 radical (unpaired) electrons. The van der Waals surface area contributed by atoms with Crippen molar-refractivity contribution in [1.82, 2.24) is 24.6 Å². The summed E-state index contributed by atoms with van der Waals surface area (Å²) in [7, 11) is 0. The van der Waals surface area contributed by atoms with E-state index in [9.17, 15) is 15.0 Å². The number of rotatable bonds is 2. The summed E-state index contributed by atoms with van der Waals surface area (Å²) in [6.07, 6.45) is 3.67. The van der Waals surface area contributed by atoms with Crippen LogP contribution in [0, 0.1) is 0 Å². The van der Waals surface area contributed by atoms with Crippen LogP contribution in [0.4, 0.5) is 4.79 Å². The molecule has 9 heteroatoms. The first kappa shape index (κ1) is 17.7. The van der Waals surface area contributed by atoms with E-state index in [1.165, 1.54) is 4.90 Å². The Morgan fingerprint density at radius 1 is 1.22 bits per heavy atom. The zero-order valence-corrected chi connectivity index (χ0v) is 15.2. The Morgan fingerprint density at radius 3 is 2.89 bits per heavy atom. The highest BCUT2D eigenvalue weighted by atomic mass is 35.5. The standard InChI is InChI=1S/C18H18ClN5O3/c19-15-9-13-12(10-20-15)11-21-24(13)16-4-1-3-14(22-16)18(27)5-2-7-23(8-6-18)17(25)26/h1,3-4,9-11,27H,2,5-8H2,(H,25,26). The van der Waals surface area contributed by atoms with E-state index in [0.717, 1.165) is 10.9 Å². The molecule has 3 aromatic heterocycles. The number of hydrogen-bond acceptors (Lipinski definition) is 5. The van der Waals surface area contributed by atoms with Crippen molar-refractivity contribution in [3.8, 4) is 5.82 Å². The fourth-order valence-electron chi connectivity index (χ4n) is 3.45. The molecule has 0 aliphatic carbocycles. The van der Waals surface area contributed by atoms with Crippen molar-refractivity contribution in [2.45, 2.75) is 24.9 Å². The Labute approximate surface area is 160 Å². The molecule has 140 valence electrons. The fourth-order valence-corrected chi connectivity index (χ4v) is 3.60. The van der Waals surface area contributed by atoms with E-state index in [1.807, 2.05) is 6.07 Å². The molecule has 1 fully saturated rings. The Morgan fingerprint density at radius 2 is 2.07 bits per heavy atom. The lowest BCUT2D eigenvalue weighted by molar-refractivity contribution is 0.0173. The van der Waals surface area contributed by atoms with E-state index in [2.05, 4.69) is 15.1 Å². The van der Waals surface area contributed by atoms with Crippen molar-refractivity contribution in [3.05, 3.63) is 47.5 Å². The van der Waals surface area contributed by atoms with E-state index in [-0.39, 0.29) is 6.54 Å². The van der Waals surface area contributed by atoms with Crippen LogP contribution in [0.2, 0.25) is 5.15 Å². The van der Waals surface area contributed by atoms with Gasteiger partial charge in [-0.3, -0.25) is 0 Å². The molecular weight excluding hydrogens is 370 g/mol. The van der Waals surface area contributed by atoms with Gasteiger partial charge in [-0.2, -0.15) is 5.10 Å². The summed E-state index contributed by atoms with van der Waals surface area (Å²) in [4.78, 5) is 21.2. The molecule has 1 aliphatic heterocycles. The van der Waals surface area contributed by atoms with Gasteiger partial charge in [-0.25, -0.2) is 19.4 Å². The van der Waals surface area contributed by atoms with Gasteiger partial charge in [0.05, 0.1) is 17.4 Å². The van der Waals surface area contributed by atoms with Crippen LogP contribution in [0.25, 0.3) is 16.7 Å². The summed E-state index contributed by atoms with van der Waals surface area (Å²) in [6.45, 7) is 0.677. The molecular formula is C18H18ClN5O3. The van der Waals surface area contributed by atoms with Gasteiger partial charge < -0.3 is 15.1 Å². The first-order valence-electron chi connectivity index (χ1n) is 8.64. The van der Waals surface area contributed by atoms with Crippen LogP contribution in [0.3, 0.4) is 0 Å². The van der Waals surface area contributed by atoms with Crippen molar-refractivity contribution >= 4 is 28.6 Å². The van der Waals surface area contributed by atoms with E-state index < -0.39 is 11.7 Å². The molecule has 1 aliphatic rings. The quantitative estimate of drug-likeness (QED) is 0.655. The summed E-state index contributed by atoms with van der Waals surface area (Å²) >= 11 is 6.00. The lowest BCUT2D eigenvalue weighted by Gasteiger charge is -2.26. The number of amides is 1. The number of fused-ring (bicyclic) bond motifs is 1. The molecule has 0 saturated carbocycles. The Bertz CT molecular complexity index is 1010. The summed E-state index contributed by atoms with van der Waals surface area (Å²) in [5.74, 6) is 0.553. The topological polar surface area (TPSA) is 104 Å². The number of halogens is 1. The maximum Gasteiger partial charge on any atom is 0.407 e. The van der Waals surface area contributed by atoms with Gasteiger partial charge in [0.25, 0.3) is 0 Å². The summed E-state index contributed by atoms with van der Waals surface area (Å²) in [5.41, 5.74) is 0.100. The molecule has 0 bridgehead atoms. The number of nitrogens with zero attached hydrogens (tertiary/aromatic N) is 5.